The van der Waals surface area contributed by atoms with Gasteiger partial charge in [-0.25, -0.2) is 4.98 Å². The third kappa shape index (κ3) is 3.42. The van der Waals surface area contributed by atoms with Crippen LogP contribution >= 0.6 is 0 Å². The molecule has 120 valence electrons. The van der Waals surface area contributed by atoms with Crippen LogP contribution in [0.1, 0.15) is 40.3 Å². The lowest BCUT2D eigenvalue weighted by Gasteiger charge is -2.36. The molecule has 1 aromatic carbocycles. The van der Waals surface area contributed by atoms with Gasteiger partial charge in [0.2, 0.25) is 0 Å². The first kappa shape index (κ1) is 15.7. The summed E-state index contributed by atoms with van der Waals surface area (Å²) in [6.07, 6.45) is 1.03. The van der Waals surface area contributed by atoms with E-state index in [1.807, 2.05) is 24.0 Å². The predicted molar refractivity (Wildman–Crippen MR) is 91.4 cm³/mol. The maximum absolute atomic E-state index is 12.9. The fourth-order valence-electron chi connectivity index (χ4n) is 3.03. The number of nitrogens with zero attached hydrogens (tertiary/aromatic N) is 2. The molecule has 0 spiro atoms. The molecule has 1 aliphatic heterocycles. The summed E-state index contributed by atoms with van der Waals surface area (Å²) >= 11 is 0. The van der Waals surface area contributed by atoms with Crippen LogP contribution in [0.5, 0.6) is 0 Å². The summed E-state index contributed by atoms with van der Waals surface area (Å²) in [6, 6.07) is 14.2. The minimum atomic E-state index is 0.0137. The highest BCUT2D eigenvalue weighted by atomic mass is 16.2. The van der Waals surface area contributed by atoms with Gasteiger partial charge in [-0.15, -0.1) is 0 Å². The van der Waals surface area contributed by atoms with E-state index in [4.69, 9.17) is 0 Å². The molecule has 1 N–H and O–H groups in total. The summed E-state index contributed by atoms with van der Waals surface area (Å²) in [5.41, 5.74) is 3.89. The van der Waals surface area contributed by atoms with Crippen LogP contribution in [-0.2, 0) is 6.42 Å². The maximum atomic E-state index is 12.9. The van der Waals surface area contributed by atoms with Gasteiger partial charge in [-0.2, -0.15) is 0 Å². The lowest BCUT2D eigenvalue weighted by atomic mass is 10.0. The Morgan fingerprint density at radius 1 is 1.26 bits per heavy atom. The number of benzene rings is 1. The molecule has 0 aliphatic carbocycles. The van der Waals surface area contributed by atoms with E-state index in [-0.39, 0.29) is 11.9 Å². The van der Waals surface area contributed by atoms with Crippen molar-refractivity contribution in [2.75, 3.05) is 19.6 Å². The van der Waals surface area contributed by atoms with Crippen molar-refractivity contribution in [2.24, 2.45) is 0 Å². The highest BCUT2D eigenvalue weighted by molar-refractivity contribution is 5.92. The van der Waals surface area contributed by atoms with Gasteiger partial charge < -0.3 is 10.2 Å². The number of amides is 1. The normalized spacial score (nSPS) is 18.0. The molecule has 1 fully saturated rings. The van der Waals surface area contributed by atoms with Crippen molar-refractivity contribution >= 4 is 5.91 Å². The van der Waals surface area contributed by atoms with Gasteiger partial charge >= 0.3 is 0 Å². The second-order valence-corrected chi connectivity index (χ2v) is 5.98. The Hall–Kier alpha value is -2.20. The van der Waals surface area contributed by atoms with Crippen molar-refractivity contribution in [2.45, 2.75) is 26.3 Å². The maximum Gasteiger partial charge on any atom is 0.273 e. The van der Waals surface area contributed by atoms with Gasteiger partial charge in [0.15, 0.2) is 0 Å². The SMILES string of the molecule is CCc1ccc(C2CNCCN2C(=O)c2cccc(C)n2)cc1. The van der Waals surface area contributed by atoms with Crippen LogP contribution in [0.25, 0.3) is 0 Å². The van der Waals surface area contributed by atoms with Crippen molar-refractivity contribution in [3.63, 3.8) is 0 Å². The van der Waals surface area contributed by atoms with Crippen LogP contribution in [-0.4, -0.2) is 35.4 Å². The zero-order valence-corrected chi connectivity index (χ0v) is 13.7. The van der Waals surface area contributed by atoms with E-state index in [1.54, 1.807) is 6.07 Å². The number of carbonyl (C=O) groups is 1. The molecule has 1 atom stereocenters. The van der Waals surface area contributed by atoms with E-state index in [2.05, 4.69) is 41.5 Å². The molecular weight excluding hydrogens is 286 g/mol. The van der Waals surface area contributed by atoms with Crippen molar-refractivity contribution in [3.05, 3.63) is 65.0 Å². The number of pyridine rings is 1. The lowest BCUT2D eigenvalue weighted by molar-refractivity contribution is 0.0628. The number of piperazine rings is 1. The lowest BCUT2D eigenvalue weighted by Crippen LogP contribution is -2.48. The number of carbonyl (C=O) groups excluding carboxylic acids is 1. The molecule has 0 bridgehead atoms. The molecule has 1 aromatic heterocycles. The largest absolute Gasteiger partial charge is 0.328 e. The van der Waals surface area contributed by atoms with E-state index >= 15 is 0 Å². The number of hydrogen-bond donors (Lipinski definition) is 1. The van der Waals surface area contributed by atoms with E-state index in [9.17, 15) is 4.79 Å². The Balaban J connectivity index is 1.87. The summed E-state index contributed by atoms with van der Waals surface area (Å²) < 4.78 is 0. The van der Waals surface area contributed by atoms with Gasteiger partial charge in [-0.05, 0) is 36.6 Å². The molecule has 0 saturated carbocycles. The fourth-order valence-corrected chi connectivity index (χ4v) is 3.03. The first-order valence-corrected chi connectivity index (χ1v) is 8.23. The Labute approximate surface area is 137 Å². The Bertz CT molecular complexity index is 681. The Kier molecular flexibility index (Phi) is 4.72. The number of hydrogen-bond acceptors (Lipinski definition) is 3. The van der Waals surface area contributed by atoms with E-state index in [1.165, 1.54) is 11.1 Å². The summed E-state index contributed by atoms with van der Waals surface area (Å²) in [7, 11) is 0. The first-order chi connectivity index (χ1) is 11.2. The number of nitrogens with one attached hydrogen (secondary N) is 1. The average molecular weight is 309 g/mol. The Morgan fingerprint density at radius 2 is 2.04 bits per heavy atom. The summed E-state index contributed by atoms with van der Waals surface area (Å²) in [5, 5.41) is 3.40. The van der Waals surface area contributed by atoms with Gasteiger partial charge in [0.25, 0.3) is 5.91 Å². The highest BCUT2D eigenvalue weighted by Crippen LogP contribution is 2.24. The van der Waals surface area contributed by atoms with Gasteiger partial charge in [0.1, 0.15) is 5.69 Å². The Morgan fingerprint density at radius 3 is 2.74 bits per heavy atom. The van der Waals surface area contributed by atoms with Crippen molar-refractivity contribution in [3.8, 4) is 0 Å². The van der Waals surface area contributed by atoms with Crippen molar-refractivity contribution in [1.82, 2.24) is 15.2 Å². The van der Waals surface area contributed by atoms with Crippen LogP contribution in [0, 0.1) is 6.92 Å². The fraction of sp³-hybridized carbons (Fsp3) is 0.368. The number of rotatable bonds is 3. The van der Waals surface area contributed by atoms with Crippen molar-refractivity contribution < 1.29 is 4.79 Å². The molecule has 1 amide bonds. The molecule has 2 heterocycles. The quantitative estimate of drug-likeness (QED) is 0.948. The second kappa shape index (κ2) is 6.92. The molecule has 2 aromatic rings. The van der Waals surface area contributed by atoms with E-state index in [0.29, 0.717) is 12.2 Å². The standard InChI is InChI=1S/C19H23N3O/c1-3-15-7-9-16(10-8-15)18-13-20-11-12-22(18)19(23)17-6-4-5-14(2)21-17/h4-10,18,20H,3,11-13H2,1-2H3. The van der Waals surface area contributed by atoms with Gasteiger partial charge in [-0.3, -0.25) is 4.79 Å². The smallest absolute Gasteiger partial charge is 0.273 e. The molecule has 3 rings (SSSR count). The highest BCUT2D eigenvalue weighted by Gasteiger charge is 2.29. The van der Waals surface area contributed by atoms with E-state index < -0.39 is 0 Å². The zero-order valence-electron chi connectivity index (χ0n) is 13.7. The third-order valence-corrected chi connectivity index (χ3v) is 4.38. The summed E-state index contributed by atoms with van der Waals surface area (Å²) in [5.74, 6) is 0.0137. The average Bonchev–Trinajstić information content (AvgIpc) is 2.61. The van der Waals surface area contributed by atoms with E-state index in [0.717, 1.165) is 25.2 Å². The molecule has 1 aliphatic rings. The van der Waals surface area contributed by atoms with Crippen LogP contribution in [0.15, 0.2) is 42.5 Å². The van der Waals surface area contributed by atoms with Gasteiger partial charge in [0.05, 0.1) is 6.04 Å². The molecule has 1 unspecified atom stereocenters. The van der Waals surface area contributed by atoms with Crippen LogP contribution < -0.4 is 5.32 Å². The van der Waals surface area contributed by atoms with Gasteiger partial charge in [0, 0.05) is 25.3 Å². The summed E-state index contributed by atoms with van der Waals surface area (Å²) in [6.45, 7) is 6.37. The predicted octanol–water partition coefficient (Wildman–Crippen LogP) is 2.74. The van der Waals surface area contributed by atoms with Crippen molar-refractivity contribution in [1.29, 1.82) is 0 Å². The monoisotopic (exact) mass is 309 g/mol. The zero-order chi connectivity index (χ0) is 16.2. The van der Waals surface area contributed by atoms with Crippen LogP contribution in [0.2, 0.25) is 0 Å². The molecule has 4 nitrogen and oxygen atoms in total. The molecular formula is C19H23N3O. The minimum absolute atomic E-state index is 0.0137. The van der Waals surface area contributed by atoms with Crippen LogP contribution in [0.3, 0.4) is 0 Å². The van der Waals surface area contributed by atoms with Gasteiger partial charge in [-0.1, -0.05) is 37.3 Å². The first-order valence-electron chi connectivity index (χ1n) is 8.23. The molecule has 0 radical (unpaired) electrons. The summed E-state index contributed by atoms with van der Waals surface area (Å²) in [4.78, 5) is 19.2. The minimum Gasteiger partial charge on any atom is -0.328 e. The topological polar surface area (TPSA) is 45.2 Å². The third-order valence-electron chi connectivity index (χ3n) is 4.38. The number of aromatic nitrogens is 1. The second-order valence-electron chi connectivity index (χ2n) is 5.98. The molecule has 4 heteroatoms. The number of aryl methyl sites for hydroxylation is 2. The molecule has 1 saturated heterocycles. The molecule has 23 heavy (non-hydrogen) atoms. The van der Waals surface area contributed by atoms with Crippen LogP contribution in [0.4, 0.5) is 0 Å².